The van der Waals surface area contributed by atoms with E-state index in [0.29, 0.717) is 16.6 Å². The molecule has 6 atom stereocenters. The minimum atomic E-state index is -0.575. The number of carbonyl (C=O) groups excluding carboxylic acids is 2. The van der Waals surface area contributed by atoms with Crippen LogP contribution in [0.4, 0.5) is 5.13 Å². The lowest BCUT2D eigenvalue weighted by atomic mass is 9.53. The number of rotatable bonds is 6. The van der Waals surface area contributed by atoms with E-state index < -0.39 is 6.10 Å². The van der Waals surface area contributed by atoms with Gasteiger partial charge in [-0.25, -0.2) is 4.98 Å². The minimum absolute atomic E-state index is 0.0201. The summed E-state index contributed by atoms with van der Waals surface area (Å²) in [6.45, 7) is 10.6. The lowest BCUT2D eigenvalue weighted by Crippen LogP contribution is -2.53. The minimum Gasteiger partial charge on any atom is -0.392 e. The number of anilines is 1. The van der Waals surface area contributed by atoms with E-state index in [1.807, 2.05) is 18.4 Å². The highest BCUT2D eigenvalue weighted by atomic mass is 32.1. The molecule has 2 aromatic heterocycles. The zero-order valence-electron chi connectivity index (χ0n) is 19.7. The molecule has 0 bridgehead atoms. The molecule has 1 saturated carbocycles. The molecule has 0 aliphatic heterocycles. The molecule has 4 rings (SSSR count). The molecule has 178 valence electrons. The number of aromatic nitrogens is 1. The van der Waals surface area contributed by atoms with Gasteiger partial charge in [-0.2, -0.15) is 0 Å². The number of aliphatic hydroxyl groups excluding tert-OH is 1. The molecule has 0 spiro atoms. The Hall–Kier alpha value is -2.03. The summed E-state index contributed by atoms with van der Waals surface area (Å²) in [6.07, 6.45) is 3.77. The molecule has 0 saturated heterocycles. The quantitative estimate of drug-likeness (QED) is 0.574. The van der Waals surface area contributed by atoms with Crippen LogP contribution in [0.15, 0.2) is 30.2 Å². The van der Waals surface area contributed by atoms with Crippen LogP contribution in [0, 0.1) is 23.2 Å². The first kappa shape index (κ1) is 24.1. The van der Waals surface area contributed by atoms with Crippen molar-refractivity contribution in [2.24, 2.45) is 23.2 Å². The van der Waals surface area contributed by atoms with Crippen molar-refractivity contribution in [2.45, 2.75) is 52.1 Å². The highest BCUT2D eigenvalue weighted by molar-refractivity contribution is 7.16. The Balaban J connectivity index is 1.55. The fourth-order valence-electron chi connectivity index (χ4n) is 5.98. The van der Waals surface area contributed by atoms with Gasteiger partial charge in [0.1, 0.15) is 0 Å². The van der Waals surface area contributed by atoms with Gasteiger partial charge in [-0.05, 0) is 48.0 Å². The Labute approximate surface area is 203 Å². The van der Waals surface area contributed by atoms with Crippen molar-refractivity contribution in [1.29, 1.82) is 0 Å². The van der Waals surface area contributed by atoms with E-state index in [-0.39, 0.29) is 40.9 Å². The van der Waals surface area contributed by atoms with Crippen molar-refractivity contribution in [3.8, 4) is 0 Å². The third-order valence-electron chi connectivity index (χ3n) is 7.70. The van der Waals surface area contributed by atoms with Crippen LogP contribution in [0.25, 0.3) is 0 Å². The van der Waals surface area contributed by atoms with Gasteiger partial charge >= 0.3 is 0 Å². The van der Waals surface area contributed by atoms with E-state index in [4.69, 9.17) is 4.98 Å². The third kappa shape index (κ3) is 4.40. The molecule has 8 heteroatoms. The second-order valence-electron chi connectivity index (χ2n) is 9.89. The van der Waals surface area contributed by atoms with E-state index >= 15 is 0 Å². The highest BCUT2D eigenvalue weighted by Gasteiger charge is 2.54. The maximum Gasteiger partial charge on any atom is 0.267 e. The van der Waals surface area contributed by atoms with Crippen LogP contribution in [0.2, 0.25) is 0 Å². The zero-order valence-corrected chi connectivity index (χ0v) is 21.3. The predicted molar refractivity (Wildman–Crippen MR) is 134 cm³/mol. The van der Waals surface area contributed by atoms with Gasteiger partial charge in [-0.1, -0.05) is 32.9 Å². The van der Waals surface area contributed by atoms with E-state index in [0.717, 1.165) is 25.0 Å². The van der Waals surface area contributed by atoms with Crippen molar-refractivity contribution in [3.05, 3.63) is 45.6 Å². The van der Waals surface area contributed by atoms with E-state index in [2.05, 4.69) is 25.7 Å². The molecule has 1 unspecified atom stereocenters. The summed E-state index contributed by atoms with van der Waals surface area (Å²) in [5.74, 6) is -0.342. The van der Waals surface area contributed by atoms with Gasteiger partial charge in [-0.15, -0.1) is 29.3 Å². The zero-order chi connectivity index (χ0) is 23.9. The molecule has 33 heavy (non-hydrogen) atoms. The first-order chi connectivity index (χ1) is 15.7. The Kier molecular flexibility index (Phi) is 6.80. The maximum atomic E-state index is 12.9. The van der Waals surface area contributed by atoms with Crippen molar-refractivity contribution in [3.63, 3.8) is 0 Å². The van der Waals surface area contributed by atoms with Crippen LogP contribution in [-0.4, -0.2) is 46.5 Å². The average Bonchev–Trinajstić information content (AvgIpc) is 3.43. The summed E-state index contributed by atoms with van der Waals surface area (Å²) in [4.78, 5) is 33.8. The third-order valence-corrected chi connectivity index (χ3v) is 9.55. The molecular weight excluding hydrogens is 454 g/mol. The van der Waals surface area contributed by atoms with Gasteiger partial charge in [0.2, 0.25) is 5.91 Å². The molecule has 0 aromatic carbocycles. The van der Waals surface area contributed by atoms with Crippen LogP contribution in [-0.2, 0) is 11.2 Å². The molecule has 2 amide bonds. The molecule has 2 aromatic rings. The SMILES string of the molecule is C=CCN(C)C(=O)[C@@H](C)C1CC[C@@]2(C)Cc3sc(NC(=O)c4cccs4)nc3[C@@H](C)[C@@H]2[C@H]1O. The second-order valence-corrected chi connectivity index (χ2v) is 11.9. The molecule has 2 N–H and O–H groups in total. The fourth-order valence-corrected chi connectivity index (χ4v) is 7.86. The summed E-state index contributed by atoms with van der Waals surface area (Å²) in [5, 5.41) is 17.0. The van der Waals surface area contributed by atoms with Crippen LogP contribution in [0.3, 0.4) is 0 Å². The highest BCUT2D eigenvalue weighted by Crippen LogP contribution is 2.57. The van der Waals surface area contributed by atoms with Gasteiger partial charge < -0.3 is 10.0 Å². The Morgan fingerprint density at radius 2 is 2.24 bits per heavy atom. The van der Waals surface area contributed by atoms with E-state index in [1.165, 1.54) is 16.2 Å². The molecule has 2 aliphatic carbocycles. The van der Waals surface area contributed by atoms with Gasteiger partial charge in [0.15, 0.2) is 5.13 Å². The largest absolute Gasteiger partial charge is 0.392 e. The van der Waals surface area contributed by atoms with Crippen LogP contribution in [0.5, 0.6) is 0 Å². The number of hydrogen-bond acceptors (Lipinski definition) is 6. The fraction of sp³-hybridized carbons (Fsp3) is 0.560. The first-order valence-electron chi connectivity index (χ1n) is 11.5. The molecule has 0 radical (unpaired) electrons. The lowest BCUT2D eigenvalue weighted by Gasteiger charge is -2.53. The Morgan fingerprint density at radius 1 is 1.48 bits per heavy atom. The topological polar surface area (TPSA) is 82.5 Å². The summed E-state index contributed by atoms with van der Waals surface area (Å²) < 4.78 is 0. The summed E-state index contributed by atoms with van der Waals surface area (Å²) in [7, 11) is 1.79. The van der Waals surface area contributed by atoms with Gasteiger partial charge in [-0.3, -0.25) is 14.9 Å². The van der Waals surface area contributed by atoms with Crippen molar-refractivity contribution >= 4 is 39.6 Å². The molecule has 2 aliphatic rings. The number of carbonyl (C=O) groups is 2. The lowest BCUT2D eigenvalue weighted by molar-refractivity contribution is -0.143. The normalized spacial score (nSPS) is 29.5. The number of thiazole rings is 1. The first-order valence-corrected chi connectivity index (χ1v) is 13.2. The Bertz CT molecular complexity index is 1030. The van der Waals surface area contributed by atoms with Gasteiger partial charge in [0, 0.05) is 30.3 Å². The number of hydrogen-bond donors (Lipinski definition) is 2. The maximum absolute atomic E-state index is 12.9. The second kappa shape index (κ2) is 9.31. The van der Waals surface area contributed by atoms with Crippen LogP contribution < -0.4 is 5.32 Å². The van der Waals surface area contributed by atoms with Crippen molar-refractivity contribution in [2.75, 3.05) is 18.9 Å². The number of amides is 2. The molecule has 2 heterocycles. The predicted octanol–water partition coefficient (Wildman–Crippen LogP) is 4.79. The summed E-state index contributed by atoms with van der Waals surface area (Å²) in [6, 6.07) is 3.66. The monoisotopic (exact) mass is 487 g/mol. The number of fused-ring (bicyclic) bond motifs is 2. The standard InChI is InChI=1S/C25H33N3O3S2/c1-6-11-28(5)23(31)14(2)16-9-10-25(4)13-18-20(15(3)19(25)21(16)29)26-24(33-18)27-22(30)17-8-7-12-32-17/h6-8,12,14-16,19,21,29H,1,9-11,13H2,2-5H3,(H,26,27,30)/t14-,15-,16?,19+,21-,25-/m0/s1. The smallest absolute Gasteiger partial charge is 0.267 e. The van der Waals surface area contributed by atoms with Crippen LogP contribution >= 0.6 is 22.7 Å². The van der Waals surface area contributed by atoms with Gasteiger partial charge in [0.05, 0.1) is 16.7 Å². The Morgan fingerprint density at radius 3 is 2.91 bits per heavy atom. The van der Waals surface area contributed by atoms with Gasteiger partial charge in [0.25, 0.3) is 5.91 Å². The number of nitrogens with zero attached hydrogens (tertiary/aromatic N) is 2. The average molecular weight is 488 g/mol. The molecular formula is C25H33N3O3S2. The molecule has 6 nitrogen and oxygen atoms in total. The number of thiophene rings is 1. The van der Waals surface area contributed by atoms with Crippen LogP contribution in [0.1, 0.15) is 59.8 Å². The number of likely N-dealkylation sites (N-methyl/N-ethyl adjacent to an activating group) is 1. The summed E-state index contributed by atoms with van der Waals surface area (Å²) >= 11 is 2.96. The van der Waals surface area contributed by atoms with Crippen molar-refractivity contribution in [1.82, 2.24) is 9.88 Å². The number of aliphatic hydroxyl groups is 1. The van der Waals surface area contributed by atoms with Crippen molar-refractivity contribution < 1.29 is 14.7 Å². The van der Waals surface area contributed by atoms with E-state index in [9.17, 15) is 14.7 Å². The number of nitrogens with one attached hydrogen (secondary N) is 1. The molecule has 1 fully saturated rings. The summed E-state index contributed by atoms with van der Waals surface area (Å²) in [5.41, 5.74) is 0.922. The van der Waals surface area contributed by atoms with E-state index in [1.54, 1.807) is 35.4 Å².